The Morgan fingerprint density at radius 1 is 1.09 bits per heavy atom. The number of carbonyl (C=O) groups excluding carboxylic acids is 1. The third-order valence-corrected chi connectivity index (χ3v) is 5.54. The topological polar surface area (TPSA) is 77.6 Å². The molecule has 0 radical (unpaired) electrons. The van der Waals surface area contributed by atoms with Gasteiger partial charge in [-0.2, -0.15) is 5.10 Å². The predicted molar refractivity (Wildman–Crippen MR) is 118 cm³/mol. The normalized spacial score (nSPS) is 13.3. The monoisotopic (exact) mass is 430 g/mol. The molecule has 0 bridgehead atoms. The molecule has 1 fully saturated rings. The third kappa shape index (κ3) is 4.44. The van der Waals surface area contributed by atoms with E-state index in [1.165, 1.54) is 12.1 Å². The Labute approximate surface area is 184 Å². The second kappa shape index (κ2) is 8.74. The summed E-state index contributed by atoms with van der Waals surface area (Å²) < 4.78 is 17.3. The van der Waals surface area contributed by atoms with E-state index in [9.17, 15) is 9.18 Å². The molecule has 0 aliphatic heterocycles. The minimum atomic E-state index is -0.311. The largest absolute Gasteiger partial charge is 0.355 e. The van der Waals surface area contributed by atoms with Gasteiger partial charge in [-0.3, -0.25) is 4.79 Å². The minimum Gasteiger partial charge on any atom is -0.355 e. The van der Waals surface area contributed by atoms with Crippen molar-refractivity contribution < 1.29 is 9.18 Å². The fourth-order valence-corrected chi connectivity index (χ4v) is 3.76. The molecule has 0 atom stereocenters. The van der Waals surface area contributed by atoms with Crippen LogP contribution in [0.2, 0.25) is 0 Å². The highest BCUT2D eigenvalue weighted by atomic mass is 19.1. The number of carbonyl (C=O) groups is 1. The number of hydrogen-bond donors (Lipinski definition) is 1. The Balaban J connectivity index is 1.31. The Morgan fingerprint density at radius 3 is 2.62 bits per heavy atom. The van der Waals surface area contributed by atoms with Crippen molar-refractivity contribution in [3.05, 3.63) is 84.3 Å². The standard InChI is InChI=1S/C24H23FN6O/c25-19-8-6-17(7-9-19)24-18(15-31(29-24)21-4-2-1-3-5-21)14-23(32)26-13-12-22-28-27-16-30(22)20-10-11-20/h1-9,15-16,20H,10-14H2,(H,26,32). The van der Waals surface area contributed by atoms with E-state index >= 15 is 0 Å². The zero-order valence-electron chi connectivity index (χ0n) is 17.5. The Bertz CT molecular complexity index is 1210. The van der Waals surface area contributed by atoms with Crippen LogP contribution in [-0.2, 0) is 17.6 Å². The number of nitrogens with zero attached hydrogens (tertiary/aromatic N) is 5. The molecule has 162 valence electrons. The van der Waals surface area contributed by atoms with Crippen molar-refractivity contribution >= 4 is 5.91 Å². The third-order valence-electron chi connectivity index (χ3n) is 5.54. The van der Waals surface area contributed by atoms with Crippen LogP contribution in [0.4, 0.5) is 4.39 Å². The molecule has 1 aliphatic rings. The molecule has 2 aromatic carbocycles. The quantitative estimate of drug-likeness (QED) is 0.464. The first-order chi connectivity index (χ1) is 15.7. The van der Waals surface area contributed by atoms with Gasteiger partial charge < -0.3 is 9.88 Å². The highest BCUT2D eigenvalue weighted by Crippen LogP contribution is 2.35. The van der Waals surface area contributed by atoms with Gasteiger partial charge >= 0.3 is 0 Å². The molecule has 4 aromatic rings. The molecule has 0 saturated heterocycles. The van der Waals surface area contributed by atoms with Crippen LogP contribution in [0, 0.1) is 5.82 Å². The van der Waals surface area contributed by atoms with Crippen LogP contribution in [0.15, 0.2) is 67.1 Å². The molecule has 1 saturated carbocycles. The number of aromatic nitrogens is 5. The summed E-state index contributed by atoms with van der Waals surface area (Å²) in [7, 11) is 0. The number of hydrogen-bond acceptors (Lipinski definition) is 4. The van der Waals surface area contributed by atoms with Crippen molar-refractivity contribution in [3.63, 3.8) is 0 Å². The molecule has 7 nitrogen and oxygen atoms in total. The van der Waals surface area contributed by atoms with E-state index in [0.29, 0.717) is 24.7 Å². The van der Waals surface area contributed by atoms with Gasteiger partial charge in [0.1, 0.15) is 18.0 Å². The van der Waals surface area contributed by atoms with Crippen molar-refractivity contribution in [1.29, 1.82) is 0 Å². The second-order valence-electron chi connectivity index (χ2n) is 7.95. The van der Waals surface area contributed by atoms with Crippen molar-refractivity contribution in [2.75, 3.05) is 6.54 Å². The summed E-state index contributed by atoms with van der Waals surface area (Å²) >= 11 is 0. The smallest absolute Gasteiger partial charge is 0.224 e. The zero-order valence-corrected chi connectivity index (χ0v) is 17.5. The summed E-state index contributed by atoms with van der Waals surface area (Å²) in [6, 6.07) is 16.4. The van der Waals surface area contributed by atoms with Crippen molar-refractivity contribution in [2.24, 2.45) is 0 Å². The molecule has 2 aromatic heterocycles. The van der Waals surface area contributed by atoms with E-state index in [1.54, 1.807) is 23.1 Å². The van der Waals surface area contributed by atoms with E-state index < -0.39 is 0 Å². The van der Waals surface area contributed by atoms with Gasteiger partial charge in [-0.25, -0.2) is 9.07 Å². The van der Waals surface area contributed by atoms with Gasteiger partial charge in [-0.1, -0.05) is 18.2 Å². The zero-order chi connectivity index (χ0) is 21.9. The summed E-state index contributed by atoms with van der Waals surface area (Å²) in [5.74, 6) is 0.491. The Hall–Kier alpha value is -3.81. The number of rotatable bonds is 8. The van der Waals surface area contributed by atoms with Crippen molar-refractivity contribution in [1.82, 2.24) is 29.9 Å². The van der Waals surface area contributed by atoms with Gasteiger partial charge in [0.15, 0.2) is 0 Å². The average Bonchev–Trinajstić information content (AvgIpc) is 3.40. The van der Waals surface area contributed by atoms with Crippen LogP contribution >= 0.6 is 0 Å². The lowest BCUT2D eigenvalue weighted by Gasteiger charge is -2.07. The SMILES string of the molecule is O=C(Cc1cn(-c2ccccc2)nc1-c1ccc(F)cc1)NCCc1nncn1C1CC1. The van der Waals surface area contributed by atoms with E-state index in [0.717, 1.165) is 35.5 Å². The molecule has 1 amide bonds. The maximum absolute atomic E-state index is 13.4. The van der Waals surface area contributed by atoms with Gasteiger partial charge in [-0.05, 0) is 49.2 Å². The summed E-state index contributed by atoms with van der Waals surface area (Å²) in [4.78, 5) is 12.7. The van der Waals surface area contributed by atoms with E-state index in [4.69, 9.17) is 0 Å². The minimum absolute atomic E-state index is 0.0986. The number of benzene rings is 2. The molecule has 0 unspecified atom stereocenters. The highest BCUT2D eigenvalue weighted by molar-refractivity contribution is 5.81. The van der Waals surface area contributed by atoms with Crippen LogP contribution in [0.5, 0.6) is 0 Å². The fraction of sp³-hybridized carbons (Fsp3) is 0.250. The summed E-state index contributed by atoms with van der Waals surface area (Å²) in [5.41, 5.74) is 3.10. The molecule has 32 heavy (non-hydrogen) atoms. The summed E-state index contributed by atoms with van der Waals surface area (Å²) in [6.45, 7) is 0.489. The Kier molecular flexibility index (Phi) is 5.49. The number of amides is 1. The lowest BCUT2D eigenvalue weighted by Crippen LogP contribution is -2.28. The number of para-hydroxylation sites is 1. The van der Waals surface area contributed by atoms with E-state index in [1.807, 2.05) is 36.5 Å². The van der Waals surface area contributed by atoms with Gasteiger partial charge in [0, 0.05) is 36.3 Å². The van der Waals surface area contributed by atoms with E-state index in [2.05, 4.69) is 25.2 Å². The number of halogens is 1. The Morgan fingerprint density at radius 2 is 1.88 bits per heavy atom. The predicted octanol–water partition coefficient (Wildman–Crippen LogP) is 3.51. The fourth-order valence-electron chi connectivity index (χ4n) is 3.76. The lowest BCUT2D eigenvalue weighted by molar-refractivity contribution is -0.120. The van der Waals surface area contributed by atoms with Crippen LogP contribution in [0.1, 0.15) is 30.3 Å². The van der Waals surface area contributed by atoms with E-state index in [-0.39, 0.29) is 18.1 Å². The van der Waals surface area contributed by atoms with Crippen molar-refractivity contribution in [3.8, 4) is 16.9 Å². The lowest BCUT2D eigenvalue weighted by atomic mass is 10.1. The van der Waals surface area contributed by atoms with Gasteiger partial charge in [-0.15, -0.1) is 10.2 Å². The molecular weight excluding hydrogens is 407 g/mol. The van der Waals surface area contributed by atoms with Gasteiger partial charge in [0.25, 0.3) is 0 Å². The molecular formula is C24H23FN6O. The maximum atomic E-state index is 13.4. The first-order valence-corrected chi connectivity index (χ1v) is 10.7. The molecule has 1 aliphatic carbocycles. The van der Waals surface area contributed by atoms with Crippen molar-refractivity contribution in [2.45, 2.75) is 31.7 Å². The molecule has 0 spiro atoms. The van der Waals surface area contributed by atoms with Gasteiger partial charge in [0.2, 0.25) is 5.91 Å². The summed E-state index contributed by atoms with van der Waals surface area (Å²) in [5, 5.41) is 15.8. The van der Waals surface area contributed by atoms with Crippen LogP contribution in [-0.4, -0.2) is 37.0 Å². The van der Waals surface area contributed by atoms with Crippen LogP contribution in [0.25, 0.3) is 16.9 Å². The second-order valence-corrected chi connectivity index (χ2v) is 7.95. The maximum Gasteiger partial charge on any atom is 0.224 e. The summed E-state index contributed by atoms with van der Waals surface area (Å²) in [6.07, 6.45) is 6.76. The molecule has 2 heterocycles. The first-order valence-electron chi connectivity index (χ1n) is 10.7. The molecule has 5 rings (SSSR count). The van der Waals surface area contributed by atoms with Crippen LogP contribution in [0.3, 0.4) is 0 Å². The van der Waals surface area contributed by atoms with Gasteiger partial charge in [0.05, 0.1) is 17.8 Å². The first kappa shape index (κ1) is 20.1. The molecule has 1 N–H and O–H groups in total. The molecule has 8 heteroatoms. The van der Waals surface area contributed by atoms with Crippen LogP contribution < -0.4 is 5.32 Å². The average molecular weight is 430 g/mol. The highest BCUT2D eigenvalue weighted by Gasteiger charge is 2.25. The number of nitrogens with one attached hydrogen (secondary N) is 1.